The summed E-state index contributed by atoms with van der Waals surface area (Å²) in [6.45, 7) is 2.14. The van der Waals surface area contributed by atoms with Crippen LogP contribution in [0, 0.1) is 5.92 Å². The van der Waals surface area contributed by atoms with Gasteiger partial charge in [-0.25, -0.2) is 4.79 Å². The van der Waals surface area contributed by atoms with Gasteiger partial charge in [0.1, 0.15) is 6.04 Å². The van der Waals surface area contributed by atoms with Crippen molar-refractivity contribution < 1.29 is 24.3 Å². The predicted octanol–water partition coefficient (Wildman–Crippen LogP) is -0.314. The molecule has 2 saturated heterocycles. The molecule has 0 bridgehead atoms. The van der Waals surface area contributed by atoms with Crippen LogP contribution in [-0.4, -0.2) is 52.4 Å². The van der Waals surface area contributed by atoms with E-state index in [1.54, 1.807) is 11.8 Å². The van der Waals surface area contributed by atoms with E-state index in [-0.39, 0.29) is 30.8 Å². The molecular formula is C13H19N3O5. The lowest BCUT2D eigenvalue weighted by atomic mass is 9.92. The number of carboxylic acids is 1. The number of amides is 4. The summed E-state index contributed by atoms with van der Waals surface area (Å²) in [6, 6.07) is -1.30. The molecule has 3 atom stereocenters. The summed E-state index contributed by atoms with van der Waals surface area (Å²) in [6.07, 6.45) is 1.30. The molecule has 2 heterocycles. The van der Waals surface area contributed by atoms with E-state index in [9.17, 15) is 19.2 Å². The van der Waals surface area contributed by atoms with E-state index in [2.05, 4.69) is 10.6 Å². The molecule has 0 radical (unpaired) electrons. The number of piperidine rings is 2. The van der Waals surface area contributed by atoms with Crippen molar-refractivity contribution >= 4 is 23.8 Å². The average Bonchev–Trinajstić information content (AvgIpc) is 2.41. The highest BCUT2D eigenvalue weighted by Crippen LogP contribution is 2.23. The van der Waals surface area contributed by atoms with Gasteiger partial charge in [0.2, 0.25) is 11.8 Å². The van der Waals surface area contributed by atoms with E-state index in [1.807, 2.05) is 0 Å². The Morgan fingerprint density at radius 3 is 2.62 bits per heavy atom. The number of hydrogen-bond acceptors (Lipinski definition) is 4. The Bertz CT molecular complexity index is 478. The fraction of sp³-hybridized carbons (Fsp3) is 0.692. The summed E-state index contributed by atoms with van der Waals surface area (Å²) >= 11 is 0. The van der Waals surface area contributed by atoms with E-state index in [1.165, 1.54) is 0 Å². The number of carboxylic acid groups (broad SMARTS) is 1. The summed E-state index contributed by atoms with van der Waals surface area (Å²) in [7, 11) is 0. The van der Waals surface area contributed by atoms with Crippen LogP contribution in [0.25, 0.3) is 0 Å². The Labute approximate surface area is 121 Å². The second-order valence-corrected chi connectivity index (χ2v) is 5.56. The average molecular weight is 297 g/mol. The van der Waals surface area contributed by atoms with Crippen LogP contribution in [0.3, 0.4) is 0 Å². The number of nitrogens with zero attached hydrogens (tertiary/aromatic N) is 1. The van der Waals surface area contributed by atoms with Crippen molar-refractivity contribution in [2.75, 3.05) is 6.54 Å². The van der Waals surface area contributed by atoms with E-state index in [0.29, 0.717) is 19.4 Å². The predicted molar refractivity (Wildman–Crippen MR) is 71.2 cm³/mol. The van der Waals surface area contributed by atoms with Gasteiger partial charge < -0.3 is 15.3 Å². The number of urea groups is 1. The molecule has 21 heavy (non-hydrogen) atoms. The second kappa shape index (κ2) is 6.11. The van der Waals surface area contributed by atoms with Crippen molar-refractivity contribution in [3.63, 3.8) is 0 Å². The molecule has 0 aromatic carbocycles. The van der Waals surface area contributed by atoms with Crippen LogP contribution in [0.2, 0.25) is 0 Å². The third kappa shape index (κ3) is 3.50. The maximum Gasteiger partial charge on any atom is 0.318 e. The minimum Gasteiger partial charge on any atom is -0.481 e. The lowest BCUT2D eigenvalue weighted by molar-refractivity contribution is -0.143. The zero-order valence-electron chi connectivity index (χ0n) is 11.8. The number of carbonyl (C=O) groups is 4. The molecule has 2 aliphatic rings. The van der Waals surface area contributed by atoms with Crippen molar-refractivity contribution in [2.24, 2.45) is 5.92 Å². The van der Waals surface area contributed by atoms with Crippen LogP contribution < -0.4 is 10.6 Å². The number of nitrogens with one attached hydrogen (secondary N) is 2. The molecule has 116 valence electrons. The highest BCUT2D eigenvalue weighted by atomic mass is 16.4. The summed E-state index contributed by atoms with van der Waals surface area (Å²) < 4.78 is 0. The molecule has 4 amide bonds. The number of hydrogen-bond donors (Lipinski definition) is 3. The van der Waals surface area contributed by atoms with Crippen LogP contribution in [-0.2, 0) is 14.4 Å². The smallest absolute Gasteiger partial charge is 0.318 e. The number of carbonyl (C=O) groups excluding carboxylic acids is 3. The molecule has 0 aliphatic carbocycles. The van der Waals surface area contributed by atoms with E-state index in [0.717, 1.165) is 0 Å². The Morgan fingerprint density at radius 2 is 2.05 bits per heavy atom. The summed E-state index contributed by atoms with van der Waals surface area (Å²) in [4.78, 5) is 47.3. The fourth-order valence-corrected chi connectivity index (χ4v) is 2.76. The second-order valence-electron chi connectivity index (χ2n) is 5.56. The van der Waals surface area contributed by atoms with Crippen LogP contribution in [0.5, 0.6) is 0 Å². The lowest BCUT2D eigenvalue weighted by Gasteiger charge is -2.37. The van der Waals surface area contributed by atoms with Crippen molar-refractivity contribution in [3.05, 3.63) is 0 Å². The highest BCUT2D eigenvalue weighted by molar-refractivity contribution is 6.01. The quantitative estimate of drug-likeness (QED) is 0.604. The molecule has 3 N–H and O–H groups in total. The topological polar surface area (TPSA) is 116 Å². The normalized spacial score (nSPS) is 29.8. The number of rotatable bonds is 2. The largest absolute Gasteiger partial charge is 0.481 e. The number of imide groups is 1. The van der Waals surface area contributed by atoms with Crippen LogP contribution in [0.4, 0.5) is 4.79 Å². The van der Waals surface area contributed by atoms with Gasteiger partial charge in [-0.15, -0.1) is 0 Å². The SMILES string of the molecule is CC1CC(C(=O)O)CCN1C(=O)NC1CCC(=O)NC1=O. The zero-order valence-corrected chi connectivity index (χ0v) is 11.8. The first-order valence-corrected chi connectivity index (χ1v) is 7.02. The zero-order chi connectivity index (χ0) is 15.6. The van der Waals surface area contributed by atoms with Gasteiger partial charge in [0.25, 0.3) is 0 Å². The molecule has 2 aliphatic heterocycles. The molecule has 8 heteroatoms. The molecule has 0 aromatic heterocycles. The standard InChI is InChI=1S/C13H19N3O5/c1-7-6-8(12(19)20)4-5-16(7)13(21)14-9-2-3-10(17)15-11(9)18/h7-9H,2-6H2,1H3,(H,14,21)(H,19,20)(H,15,17,18). The highest BCUT2D eigenvalue weighted by Gasteiger charge is 2.34. The first kappa shape index (κ1) is 15.3. The third-order valence-electron chi connectivity index (χ3n) is 4.02. The van der Waals surface area contributed by atoms with Gasteiger partial charge in [-0.1, -0.05) is 0 Å². The third-order valence-corrected chi connectivity index (χ3v) is 4.02. The fourth-order valence-electron chi connectivity index (χ4n) is 2.76. The van der Waals surface area contributed by atoms with Crippen LogP contribution in [0.15, 0.2) is 0 Å². The van der Waals surface area contributed by atoms with Gasteiger partial charge in [-0.05, 0) is 26.2 Å². The Balaban J connectivity index is 1.90. The minimum atomic E-state index is -0.841. The molecule has 2 fully saturated rings. The number of aliphatic carboxylic acids is 1. The van der Waals surface area contributed by atoms with Crippen molar-refractivity contribution in [1.82, 2.24) is 15.5 Å². The monoisotopic (exact) mass is 297 g/mol. The van der Waals surface area contributed by atoms with Crippen LogP contribution in [0.1, 0.15) is 32.6 Å². The van der Waals surface area contributed by atoms with Gasteiger partial charge >= 0.3 is 12.0 Å². The van der Waals surface area contributed by atoms with Crippen molar-refractivity contribution in [1.29, 1.82) is 0 Å². The molecular weight excluding hydrogens is 278 g/mol. The molecule has 3 unspecified atom stereocenters. The van der Waals surface area contributed by atoms with Gasteiger partial charge in [-0.2, -0.15) is 0 Å². The van der Waals surface area contributed by atoms with Gasteiger partial charge in [-0.3, -0.25) is 19.7 Å². The van der Waals surface area contributed by atoms with Gasteiger partial charge in [0, 0.05) is 19.0 Å². The molecule has 8 nitrogen and oxygen atoms in total. The van der Waals surface area contributed by atoms with Crippen molar-refractivity contribution in [3.8, 4) is 0 Å². The van der Waals surface area contributed by atoms with Gasteiger partial charge in [0.15, 0.2) is 0 Å². The number of likely N-dealkylation sites (tertiary alicyclic amines) is 1. The summed E-state index contributed by atoms with van der Waals surface area (Å²) in [5.41, 5.74) is 0. The molecule has 0 aromatic rings. The molecule has 0 saturated carbocycles. The Kier molecular flexibility index (Phi) is 4.44. The van der Waals surface area contributed by atoms with Crippen molar-refractivity contribution in [2.45, 2.75) is 44.7 Å². The lowest BCUT2D eigenvalue weighted by Crippen LogP contribution is -2.57. The minimum absolute atomic E-state index is 0.201. The van der Waals surface area contributed by atoms with E-state index in [4.69, 9.17) is 5.11 Å². The maximum atomic E-state index is 12.2. The first-order valence-electron chi connectivity index (χ1n) is 7.02. The Morgan fingerprint density at radius 1 is 1.33 bits per heavy atom. The van der Waals surface area contributed by atoms with Gasteiger partial charge in [0.05, 0.1) is 5.92 Å². The van der Waals surface area contributed by atoms with E-state index >= 15 is 0 Å². The first-order chi connectivity index (χ1) is 9.88. The summed E-state index contributed by atoms with van der Waals surface area (Å²) in [5, 5.41) is 13.8. The molecule has 2 rings (SSSR count). The Hall–Kier alpha value is -2.12. The molecule has 0 spiro atoms. The van der Waals surface area contributed by atoms with Crippen LogP contribution >= 0.6 is 0 Å². The maximum absolute atomic E-state index is 12.2. The van der Waals surface area contributed by atoms with E-state index < -0.39 is 23.8 Å². The summed E-state index contributed by atoms with van der Waals surface area (Å²) in [5.74, 6) is -2.10.